The molecular formula is C12H16ClN3. The summed E-state index contributed by atoms with van der Waals surface area (Å²) >= 11 is 0. The molecule has 2 aromatic rings. The van der Waals surface area contributed by atoms with E-state index in [0.29, 0.717) is 0 Å². The highest BCUT2D eigenvalue weighted by Crippen LogP contribution is 1.99. The highest BCUT2D eigenvalue weighted by Gasteiger charge is 1.95. The largest absolute Gasteiger partial charge is 0.309 e. The molecular weight excluding hydrogens is 222 g/mol. The van der Waals surface area contributed by atoms with Gasteiger partial charge >= 0.3 is 0 Å². The number of rotatable bonds is 4. The normalized spacial score (nSPS) is 9.81. The molecule has 1 N–H and O–H groups in total. The van der Waals surface area contributed by atoms with Crippen molar-refractivity contribution < 1.29 is 0 Å². The number of benzene rings is 1. The van der Waals surface area contributed by atoms with Crippen molar-refractivity contribution in [3.63, 3.8) is 0 Å². The number of halogens is 1. The van der Waals surface area contributed by atoms with Crippen LogP contribution in [0.3, 0.4) is 0 Å². The van der Waals surface area contributed by atoms with Gasteiger partial charge in [0.05, 0.1) is 6.20 Å². The van der Waals surface area contributed by atoms with Crippen LogP contribution in [0.25, 0.3) is 0 Å². The van der Waals surface area contributed by atoms with Crippen molar-refractivity contribution in [3.8, 4) is 0 Å². The average Bonchev–Trinajstić information content (AvgIpc) is 2.66. The Balaban J connectivity index is 0.00000128. The Morgan fingerprint density at radius 2 is 1.81 bits per heavy atom. The average molecular weight is 238 g/mol. The van der Waals surface area contributed by atoms with Crippen LogP contribution < -0.4 is 5.32 Å². The van der Waals surface area contributed by atoms with E-state index in [1.807, 2.05) is 30.2 Å². The lowest BCUT2D eigenvalue weighted by Crippen LogP contribution is -2.11. The van der Waals surface area contributed by atoms with E-state index in [4.69, 9.17) is 0 Å². The molecule has 1 aromatic carbocycles. The Kier molecular flexibility index (Phi) is 5.02. The quantitative estimate of drug-likeness (QED) is 0.883. The highest BCUT2D eigenvalue weighted by atomic mass is 35.5. The van der Waals surface area contributed by atoms with Crippen molar-refractivity contribution in [2.24, 2.45) is 7.05 Å². The van der Waals surface area contributed by atoms with Crippen LogP contribution in [0.15, 0.2) is 42.7 Å². The molecule has 0 aliphatic rings. The molecule has 86 valence electrons. The fourth-order valence-electron chi connectivity index (χ4n) is 1.51. The third-order valence-corrected chi connectivity index (χ3v) is 2.26. The SMILES string of the molecule is Cl.Cn1cc(CNCc2ccccc2)cn1. The topological polar surface area (TPSA) is 29.9 Å². The van der Waals surface area contributed by atoms with Crippen molar-refractivity contribution in [2.75, 3.05) is 0 Å². The molecule has 2 rings (SSSR count). The fraction of sp³-hybridized carbons (Fsp3) is 0.250. The molecule has 0 amide bonds. The Hall–Kier alpha value is -1.32. The summed E-state index contributed by atoms with van der Waals surface area (Å²) in [7, 11) is 1.93. The number of aromatic nitrogens is 2. The maximum Gasteiger partial charge on any atom is 0.0534 e. The number of hydrogen-bond acceptors (Lipinski definition) is 2. The summed E-state index contributed by atoms with van der Waals surface area (Å²) in [6.45, 7) is 1.76. The maximum atomic E-state index is 4.12. The van der Waals surface area contributed by atoms with Gasteiger partial charge in [0.25, 0.3) is 0 Å². The van der Waals surface area contributed by atoms with E-state index in [2.05, 4.69) is 34.7 Å². The van der Waals surface area contributed by atoms with Crippen LogP contribution in [0, 0.1) is 0 Å². The van der Waals surface area contributed by atoms with Gasteiger partial charge in [0, 0.05) is 31.9 Å². The molecule has 0 spiro atoms. The van der Waals surface area contributed by atoms with Crippen LogP contribution in [-0.4, -0.2) is 9.78 Å². The fourth-order valence-corrected chi connectivity index (χ4v) is 1.51. The summed E-state index contributed by atoms with van der Waals surface area (Å²) < 4.78 is 1.82. The molecule has 0 radical (unpaired) electrons. The molecule has 0 bridgehead atoms. The van der Waals surface area contributed by atoms with Gasteiger partial charge in [-0.3, -0.25) is 4.68 Å². The van der Waals surface area contributed by atoms with E-state index in [-0.39, 0.29) is 12.4 Å². The minimum Gasteiger partial charge on any atom is -0.309 e. The molecule has 4 heteroatoms. The predicted octanol–water partition coefficient (Wildman–Crippen LogP) is 2.13. The second-order valence-corrected chi connectivity index (χ2v) is 3.61. The zero-order valence-corrected chi connectivity index (χ0v) is 10.1. The first-order chi connectivity index (χ1) is 7.34. The van der Waals surface area contributed by atoms with Crippen molar-refractivity contribution >= 4 is 12.4 Å². The monoisotopic (exact) mass is 237 g/mol. The lowest BCUT2D eigenvalue weighted by atomic mass is 10.2. The van der Waals surface area contributed by atoms with Gasteiger partial charge in [0.1, 0.15) is 0 Å². The van der Waals surface area contributed by atoms with Crippen LogP contribution in [-0.2, 0) is 20.1 Å². The highest BCUT2D eigenvalue weighted by molar-refractivity contribution is 5.85. The van der Waals surface area contributed by atoms with Gasteiger partial charge in [-0.25, -0.2) is 0 Å². The first-order valence-electron chi connectivity index (χ1n) is 5.07. The third-order valence-electron chi connectivity index (χ3n) is 2.26. The number of hydrogen-bond donors (Lipinski definition) is 1. The summed E-state index contributed by atoms with van der Waals surface area (Å²) in [6.07, 6.45) is 3.91. The second kappa shape index (κ2) is 6.30. The number of nitrogens with one attached hydrogen (secondary N) is 1. The molecule has 0 unspecified atom stereocenters. The lowest BCUT2D eigenvalue weighted by Gasteiger charge is -2.02. The van der Waals surface area contributed by atoms with Gasteiger partial charge in [-0.1, -0.05) is 30.3 Å². The number of aryl methyl sites for hydroxylation is 1. The van der Waals surface area contributed by atoms with Crippen molar-refractivity contribution in [1.29, 1.82) is 0 Å². The van der Waals surface area contributed by atoms with Crippen LogP contribution in [0.1, 0.15) is 11.1 Å². The minimum atomic E-state index is 0. The van der Waals surface area contributed by atoms with Crippen LogP contribution in [0.2, 0.25) is 0 Å². The van der Waals surface area contributed by atoms with Crippen LogP contribution >= 0.6 is 12.4 Å². The summed E-state index contributed by atoms with van der Waals surface area (Å²) in [5, 5.41) is 7.50. The van der Waals surface area contributed by atoms with Crippen LogP contribution in [0.4, 0.5) is 0 Å². The van der Waals surface area contributed by atoms with Gasteiger partial charge in [0.2, 0.25) is 0 Å². The van der Waals surface area contributed by atoms with E-state index in [0.717, 1.165) is 13.1 Å². The van der Waals surface area contributed by atoms with Gasteiger partial charge in [0.15, 0.2) is 0 Å². The third kappa shape index (κ3) is 3.68. The summed E-state index contributed by atoms with van der Waals surface area (Å²) in [5.41, 5.74) is 2.52. The Bertz CT molecular complexity index is 411. The molecule has 1 aromatic heterocycles. The summed E-state index contributed by atoms with van der Waals surface area (Å²) in [5.74, 6) is 0. The smallest absolute Gasteiger partial charge is 0.0534 e. The molecule has 1 heterocycles. The van der Waals surface area contributed by atoms with Gasteiger partial charge < -0.3 is 5.32 Å². The van der Waals surface area contributed by atoms with Crippen molar-refractivity contribution in [3.05, 3.63) is 53.9 Å². The first kappa shape index (κ1) is 12.7. The number of nitrogens with zero attached hydrogens (tertiary/aromatic N) is 2. The standard InChI is InChI=1S/C12H15N3.ClH/c1-15-10-12(9-14-15)8-13-7-11-5-3-2-4-6-11;/h2-6,9-10,13H,7-8H2,1H3;1H. The van der Waals surface area contributed by atoms with E-state index < -0.39 is 0 Å². The zero-order chi connectivity index (χ0) is 10.5. The molecule has 0 saturated heterocycles. The molecule has 3 nitrogen and oxygen atoms in total. The van der Waals surface area contributed by atoms with Crippen LogP contribution in [0.5, 0.6) is 0 Å². The molecule has 0 fully saturated rings. The predicted molar refractivity (Wildman–Crippen MR) is 67.4 cm³/mol. The Morgan fingerprint density at radius 1 is 1.12 bits per heavy atom. The van der Waals surface area contributed by atoms with Crippen molar-refractivity contribution in [1.82, 2.24) is 15.1 Å². The van der Waals surface area contributed by atoms with E-state index >= 15 is 0 Å². The van der Waals surface area contributed by atoms with E-state index in [1.54, 1.807) is 0 Å². The van der Waals surface area contributed by atoms with Gasteiger partial charge in [-0.05, 0) is 5.56 Å². The molecule has 0 aliphatic carbocycles. The molecule has 0 aliphatic heterocycles. The second-order valence-electron chi connectivity index (χ2n) is 3.61. The maximum absolute atomic E-state index is 4.12. The van der Waals surface area contributed by atoms with E-state index in [9.17, 15) is 0 Å². The molecule has 0 atom stereocenters. The lowest BCUT2D eigenvalue weighted by molar-refractivity contribution is 0.692. The first-order valence-corrected chi connectivity index (χ1v) is 5.07. The Morgan fingerprint density at radius 3 is 2.44 bits per heavy atom. The van der Waals surface area contributed by atoms with Gasteiger partial charge in [-0.15, -0.1) is 12.4 Å². The summed E-state index contributed by atoms with van der Waals surface area (Å²) in [4.78, 5) is 0. The molecule has 0 saturated carbocycles. The van der Waals surface area contributed by atoms with Crippen molar-refractivity contribution in [2.45, 2.75) is 13.1 Å². The zero-order valence-electron chi connectivity index (χ0n) is 9.26. The minimum absolute atomic E-state index is 0. The van der Waals surface area contributed by atoms with Gasteiger partial charge in [-0.2, -0.15) is 5.10 Å². The van der Waals surface area contributed by atoms with E-state index in [1.165, 1.54) is 11.1 Å². The Labute approximate surface area is 102 Å². The summed E-state index contributed by atoms with van der Waals surface area (Å²) in [6, 6.07) is 10.4. The molecule has 16 heavy (non-hydrogen) atoms.